The fourth-order valence-electron chi connectivity index (χ4n) is 2.28. The molecule has 0 aromatic heterocycles. The van der Waals surface area contributed by atoms with Crippen LogP contribution in [-0.4, -0.2) is 33.7 Å². The highest BCUT2D eigenvalue weighted by molar-refractivity contribution is 7.98. The third-order valence-corrected chi connectivity index (χ3v) is 6.74. The number of anilines is 1. The van der Waals surface area contributed by atoms with Crippen LogP contribution < -0.4 is 9.62 Å². The lowest BCUT2D eigenvalue weighted by molar-refractivity contribution is 0.0939. The molecule has 1 atom stereocenters. The Morgan fingerprint density at radius 2 is 1.69 bits per heavy atom. The average Bonchev–Trinajstić information content (AvgIpc) is 2.67. The first-order chi connectivity index (χ1) is 12.3. The molecule has 140 valence electrons. The van der Waals surface area contributed by atoms with E-state index in [1.54, 1.807) is 60.3 Å². The zero-order valence-corrected chi connectivity index (χ0v) is 17.0. The van der Waals surface area contributed by atoms with Crippen LogP contribution >= 0.6 is 11.8 Å². The minimum atomic E-state index is -3.65. The van der Waals surface area contributed by atoms with Crippen molar-refractivity contribution in [3.63, 3.8) is 0 Å². The predicted molar refractivity (Wildman–Crippen MR) is 107 cm³/mol. The SMILES string of the molecule is CCC(C)NC(=O)c1ccc(N(C)S(=O)(=O)c2ccc(SC)cc2)cc1. The molecule has 0 heterocycles. The van der Waals surface area contributed by atoms with E-state index in [-0.39, 0.29) is 16.8 Å². The Bertz CT molecular complexity index is 847. The third-order valence-electron chi connectivity index (χ3n) is 4.20. The van der Waals surface area contributed by atoms with Gasteiger partial charge in [0.05, 0.1) is 10.6 Å². The zero-order chi connectivity index (χ0) is 19.3. The van der Waals surface area contributed by atoms with E-state index >= 15 is 0 Å². The molecule has 1 N–H and O–H groups in total. The number of hydrogen-bond donors (Lipinski definition) is 1. The fraction of sp³-hybridized carbons (Fsp3) is 0.316. The van der Waals surface area contributed by atoms with E-state index in [0.717, 1.165) is 11.3 Å². The van der Waals surface area contributed by atoms with Crippen LogP contribution in [0, 0.1) is 0 Å². The van der Waals surface area contributed by atoms with E-state index < -0.39 is 10.0 Å². The van der Waals surface area contributed by atoms with Gasteiger partial charge in [-0.2, -0.15) is 0 Å². The number of carbonyl (C=O) groups excluding carboxylic acids is 1. The third kappa shape index (κ3) is 4.59. The molecule has 1 amide bonds. The molecular formula is C19H24N2O3S2. The maximum Gasteiger partial charge on any atom is 0.264 e. The Hall–Kier alpha value is -1.99. The van der Waals surface area contributed by atoms with Crippen molar-refractivity contribution in [3.05, 3.63) is 54.1 Å². The van der Waals surface area contributed by atoms with Gasteiger partial charge in [0, 0.05) is 23.5 Å². The van der Waals surface area contributed by atoms with E-state index in [1.165, 1.54) is 11.4 Å². The highest BCUT2D eigenvalue weighted by atomic mass is 32.2. The average molecular weight is 393 g/mol. The molecule has 7 heteroatoms. The molecule has 1 unspecified atom stereocenters. The van der Waals surface area contributed by atoms with Gasteiger partial charge in [0.2, 0.25) is 0 Å². The van der Waals surface area contributed by atoms with Gasteiger partial charge in [0.15, 0.2) is 0 Å². The number of hydrogen-bond acceptors (Lipinski definition) is 4. The van der Waals surface area contributed by atoms with Gasteiger partial charge >= 0.3 is 0 Å². The number of benzene rings is 2. The van der Waals surface area contributed by atoms with Crippen LogP contribution in [0.4, 0.5) is 5.69 Å². The first-order valence-electron chi connectivity index (χ1n) is 8.33. The smallest absolute Gasteiger partial charge is 0.264 e. The number of amides is 1. The molecule has 2 aromatic carbocycles. The van der Waals surface area contributed by atoms with Gasteiger partial charge in [-0.25, -0.2) is 8.42 Å². The second-order valence-electron chi connectivity index (χ2n) is 5.98. The summed E-state index contributed by atoms with van der Waals surface area (Å²) in [6.45, 7) is 3.94. The minimum absolute atomic E-state index is 0.0921. The van der Waals surface area contributed by atoms with E-state index in [1.807, 2.05) is 20.1 Å². The van der Waals surface area contributed by atoms with E-state index in [0.29, 0.717) is 11.3 Å². The lowest BCUT2D eigenvalue weighted by Crippen LogP contribution is -2.32. The Morgan fingerprint density at radius 1 is 1.12 bits per heavy atom. The summed E-state index contributed by atoms with van der Waals surface area (Å²) in [6.07, 6.45) is 2.79. The van der Waals surface area contributed by atoms with Crippen molar-refractivity contribution in [2.24, 2.45) is 0 Å². The second-order valence-corrected chi connectivity index (χ2v) is 8.83. The van der Waals surface area contributed by atoms with Gasteiger partial charge in [-0.15, -0.1) is 11.8 Å². The van der Waals surface area contributed by atoms with Crippen molar-refractivity contribution in [3.8, 4) is 0 Å². The van der Waals surface area contributed by atoms with Gasteiger partial charge in [0.1, 0.15) is 0 Å². The molecule has 0 radical (unpaired) electrons. The van der Waals surface area contributed by atoms with Crippen LogP contribution in [0.3, 0.4) is 0 Å². The van der Waals surface area contributed by atoms with Crippen LogP contribution in [0.5, 0.6) is 0 Å². The van der Waals surface area contributed by atoms with Gasteiger partial charge in [-0.1, -0.05) is 6.92 Å². The number of rotatable bonds is 7. The number of carbonyl (C=O) groups is 1. The summed E-state index contributed by atoms with van der Waals surface area (Å²) in [5.41, 5.74) is 1.00. The number of sulfonamides is 1. The topological polar surface area (TPSA) is 66.5 Å². The Labute approximate surface area is 159 Å². The fourth-order valence-corrected chi connectivity index (χ4v) is 3.88. The predicted octanol–water partition coefficient (Wildman–Crippen LogP) is 3.76. The molecule has 0 spiro atoms. The highest BCUT2D eigenvalue weighted by Gasteiger charge is 2.21. The molecule has 0 aliphatic carbocycles. The molecule has 0 fully saturated rings. The lowest BCUT2D eigenvalue weighted by Gasteiger charge is -2.20. The van der Waals surface area contributed by atoms with Crippen LogP contribution in [0.15, 0.2) is 58.3 Å². The normalized spacial score (nSPS) is 12.5. The maximum atomic E-state index is 12.8. The maximum absolute atomic E-state index is 12.8. The monoisotopic (exact) mass is 392 g/mol. The number of nitrogens with zero attached hydrogens (tertiary/aromatic N) is 1. The molecule has 26 heavy (non-hydrogen) atoms. The molecule has 0 bridgehead atoms. The van der Waals surface area contributed by atoms with Crippen molar-refractivity contribution in [2.45, 2.75) is 36.1 Å². The summed E-state index contributed by atoms with van der Waals surface area (Å²) in [5.74, 6) is -0.163. The molecule has 2 aromatic rings. The molecule has 5 nitrogen and oxygen atoms in total. The van der Waals surface area contributed by atoms with Crippen molar-refractivity contribution < 1.29 is 13.2 Å². The van der Waals surface area contributed by atoms with Crippen molar-refractivity contribution in [1.29, 1.82) is 0 Å². The highest BCUT2D eigenvalue weighted by Crippen LogP contribution is 2.24. The minimum Gasteiger partial charge on any atom is -0.350 e. The van der Waals surface area contributed by atoms with E-state index in [4.69, 9.17) is 0 Å². The molecular weight excluding hydrogens is 368 g/mol. The van der Waals surface area contributed by atoms with Crippen LogP contribution in [-0.2, 0) is 10.0 Å². The summed E-state index contributed by atoms with van der Waals surface area (Å²) in [5, 5.41) is 2.89. The summed E-state index contributed by atoms with van der Waals surface area (Å²) in [4.78, 5) is 13.4. The summed E-state index contributed by atoms with van der Waals surface area (Å²) in [7, 11) is -2.14. The number of nitrogens with one attached hydrogen (secondary N) is 1. The molecule has 0 aliphatic heterocycles. The van der Waals surface area contributed by atoms with Crippen molar-refractivity contribution in [1.82, 2.24) is 5.32 Å². The molecule has 0 aliphatic rings. The number of thioether (sulfide) groups is 1. The van der Waals surface area contributed by atoms with E-state index in [9.17, 15) is 13.2 Å². The van der Waals surface area contributed by atoms with Gasteiger partial charge < -0.3 is 5.32 Å². The van der Waals surface area contributed by atoms with Gasteiger partial charge in [-0.3, -0.25) is 9.10 Å². The van der Waals surface area contributed by atoms with Crippen molar-refractivity contribution >= 4 is 33.4 Å². The molecule has 0 saturated carbocycles. The van der Waals surface area contributed by atoms with Crippen molar-refractivity contribution in [2.75, 3.05) is 17.6 Å². The Morgan fingerprint density at radius 3 is 2.19 bits per heavy atom. The molecule has 0 saturated heterocycles. The zero-order valence-electron chi connectivity index (χ0n) is 15.4. The summed E-state index contributed by atoms with van der Waals surface area (Å²) in [6, 6.07) is 13.4. The van der Waals surface area contributed by atoms with Gasteiger partial charge in [-0.05, 0) is 68.1 Å². The summed E-state index contributed by atoms with van der Waals surface area (Å²) < 4.78 is 26.8. The summed E-state index contributed by atoms with van der Waals surface area (Å²) >= 11 is 1.56. The Balaban J connectivity index is 2.20. The first-order valence-corrected chi connectivity index (χ1v) is 11.0. The largest absolute Gasteiger partial charge is 0.350 e. The molecule has 2 rings (SSSR count). The Kier molecular flexibility index (Phi) is 6.72. The quantitative estimate of drug-likeness (QED) is 0.729. The van der Waals surface area contributed by atoms with Crippen LogP contribution in [0.1, 0.15) is 30.6 Å². The standard InChI is InChI=1S/C19H24N2O3S2/c1-5-14(2)20-19(22)15-6-8-16(9-7-15)21(3)26(23,24)18-12-10-17(25-4)11-13-18/h6-14H,5H2,1-4H3,(H,20,22). The van der Waals surface area contributed by atoms with Crippen LogP contribution in [0.25, 0.3) is 0 Å². The van der Waals surface area contributed by atoms with Crippen LogP contribution in [0.2, 0.25) is 0 Å². The van der Waals surface area contributed by atoms with Gasteiger partial charge in [0.25, 0.3) is 15.9 Å². The van der Waals surface area contributed by atoms with E-state index in [2.05, 4.69) is 5.32 Å². The second kappa shape index (κ2) is 8.60. The lowest BCUT2D eigenvalue weighted by atomic mass is 10.1. The first kappa shape index (κ1) is 20.3.